The van der Waals surface area contributed by atoms with Gasteiger partial charge in [0, 0.05) is 31.1 Å². The molecule has 0 aliphatic rings. The van der Waals surface area contributed by atoms with Gasteiger partial charge in [0.1, 0.15) is 5.56 Å². The molecule has 1 amide bonds. The van der Waals surface area contributed by atoms with Gasteiger partial charge in [-0.3, -0.25) is 14.0 Å². The number of anilines is 1. The van der Waals surface area contributed by atoms with E-state index in [9.17, 15) is 4.79 Å². The summed E-state index contributed by atoms with van der Waals surface area (Å²) >= 11 is 7.41. The fraction of sp³-hybridized carbons (Fsp3) is 0.368. The number of nitrogens with zero attached hydrogens (tertiary/aromatic N) is 5. The van der Waals surface area contributed by atoms with Crippen LogP contribution in [-0.2, 0) is 23.1 Å². The van der Waals surface area contributed by atoms with E-state index in [1.165, 1.54) is 11.8 Å². The van der Waals surface area contributed by atoms with Crippen LogP contribution in [0.2, 0.25) is 5.02 Å². The zero-order chi connectivity index (χ0) is 21.7. The number of amides is 1. The summed E-state index contributed by atoms with van der Waals surface area (Å²) in [5.41, 5.74) is 2.32. The van der Waals surface area contributed by atoms with E-state index in [1.54, 1.807) is 32.0 Å². The molecule has 0 bridgehead atoms. The molecule has 160 valence electrons. The number of carbonyl (C=O) groups excluding carboxylic acids is 1. The summed E-state index contributed by atoms with van der Waals surface area (Å²) in [7, 11) is 4.99. The van der Waals surface area contributed by atoms with Crippen molar-refractivity contribution >= 4 is 35.0 Å². The molecular formula is C19H23ClN6O3S. The smallest absolute Gasteiger partial charge is 0.243 e. The molecule has 11 heteroatoms. The molecule has 0 spiro atoms. The Bertz CT molecular complexity index is 1040. The van der Waals surface area contributed by atoms with Crippen molar-refractivity contribution in [2.24, 2.45) is 7.05 Å². The van der Waals surface area contributed by atoms with E-state index in [2.05, 4.69) is 20.6 Å². The van der Waals surface area contributed by atoms with E-state index in [1.807, 2.05) is 29.8 Å². The minimum absolute atomic E-state index is 0.165. The first-order valence-corrected chi connectivity index (χ1v) is 10.5. The van der Waals surface area contributed by atoms with Crippen LogP contribution < -0.4 is 10.1 Å². The monoisotopic (exact) mass is 450 g/mol. The van der Waals surface area contributed by atoms with Crippen LogP contribution in [0.1, 0.15) is 5.56 Å². The normalized spacial score (nSPS) is 11.0. The van der Waals surface area contributed by atoms with Crippen molar-refractivity contribution in [1.82, 2.24) is 24.5 Å². The number of aromatic nitrogens is 5. The topological polar surface area (TPSA) is 96.1 Å². The van der Waals surface area contributed by atoms with Crippen molar-refractivity contribution in [3.63, 3.8) is 0 Å². The van der Waals surface area contributed by atoms with E-state index in [0.717, 1.165) is 5.56 Å². The first kappa shape index (κ1) is 22.1. The number of aryl methyl sites for hydroxylation is 2. The first-order chi connectivity index (χ1) is 14.4. The molecule has 0 fully saturated rings. The third-order valence-corrected chi connectivity index (χ3v) is 5.63. The van der Waals surface area contributed by atoms with Gasteiger partial charge in [0.25, 0.3) is 0 Å². The molecule has 0 saturated carbocycles. The maximum Gasteiger partial charge on any atom is 0.243 e. The Morgan fingerprint density at radius 2 is 2.10 bits per heavy atom. The van der Waals surface area contributed by atoms with Crippen LogP contribution >= 0.6 is 23.4 Å². The van der Waals surface area contributed by atoms with Gasteiger partial charge in [-0.15, -0.1) is 15.3 Å². The quantitative estimate of drug-likeness (QED) is 0.500. The summed E-state index contributed by atoms with van der Waals surface area (Å²) in [5.74, 6) is 1.06. The molecule has 3 rings (SSSR count). The van der Waals surface area contributed by atoms with Gasteiger partial charge < -0.3 is 14.8 Å². The lowest BCUT2D eigenvalue weighted by atomic mass is 10.2. The third-order valence-electron chi connectivity index (χ3n) is 4.25. The third kappa shape index (κ3) is 5.13. The molecule has 0 aliphatic heterocycles. The van der Waals surface area contributed by atoms with Gasteiger partial charge in [-0.05, 0) is 24.6 Å². The molecule has 0 radical (unpaired) electrons. The highest BCUT2D eigenvalue weighted by Crippen LogP contribution is 2.30. The minimum atomic E-state index is -0.165. The van der Waals surface area contributed by atoms with Gasteiger partial charge in [-0.1, -0.05) is 29.4 Å². The number of hydrogen-bond donors (Lipinski definition) is 1. The first-order valence-electron chi connectivity index (χ1n) is 9.12. The molecule has 2 aromatic heterocycles. The second-order valence-electron chi connectivity index (χ2n) is 6.48. The van der Waals surface area contributed by atoms with Crippen molar-refractivity contribution in [3.05, 3.63) is 35.0 Å². The summed E-state index contributed by atoms with van der Waals surface area (Å²) in [4.78, 5) is 12.4. The summed E-state index contributed by atoms with van der Waals surface area (Å²) in [6, 6.07) is 5.41. The SMILES string of the molecule is COCCn1c(SCC(=O)Nc2ccc(C)c(Cl)c2)nnc1-c1cn(C)nc1OC. The summed E-state index contributed by atoms with van der Waals surface area (Å²) in [5, 5.41) is 16.9. The average Bonchev–Trinajstić information content (AvgIpc) is 3.29. The number of benzene rings is 1. The van der Waals surface area contributed by atoms with Crippen LogP contribution in [0.3, 0.4) is 0 Å². The number of methoxy groups -OCH3 is 2. The Hall–Kier alpha value is -2.56. The lowest BCUT2D eigenvalue weighted by Gasteiger charge is -2.10. The highest BCUT2D eigenvalue weighted by molar-refractivity contribution is 7.99. The van der Waals surface area contributed by atoms with E-state index in [4.69, 9.17) is 21.1 Å². The zero-order valence-electron chi connectivity index (χ0n) is 17.2. The summed E-state index contributed by atoms with van der Waals surface area (Å²) in [6.45, 7) is 2.90. The number of rotatable bonds is 9. The van der Waals surface area contributed by atoms with Crippen molar-refractivity contribution in [3.8, 4) is 17.3 Å². The minimum Gasteiger partial charge on any atom is -0.479 e. The molecule has 0 aliphatic carbocycles. The lowest BCUT2D eigenvalue weighted by Crippen LogP contribution is -2.15. The second kappa shape index (κ2) is 9.96. The maximum absolute atomic E-state index is 12.4. The Labute approximate surface area is 183 Å². The molecule has 9 nitrogen and oxygen atoms in total. The van der Waals surface area contributed by atoms with Crippen LogP contribution in [0.25, 0.3) is 11.4 Å². The maximum atomic E-state index is 12.4. The Morgan fingerprint density at radius 1 is 1.30 bits per heavy atom. The van der Waals surface area contributed by atoms with Gasteiger partial charge >= 0.3 is 0 Å². The highest BCUT2D eigenvalue weighted by atomic mass is 35.5. The van der Waals surface area contributed by atoms with Crippen LogP contribution in [0.4, 0.5) is 5.69 Å². The average molecular weight is 451 g/mol. The molecule has 0 atom stereocenters. The molecule has 0 unspecified atom stereocenters. The highest BCUT2D eigenvalue weighted by Gasteiger charge is 2.21. The molecular weight excluding hydrogens is 428 g/mol. The van der Waals surface area contributed by atoms with Crippen LogP contribution in [-0.4, -0.2) is 57.0 Å². The summed E-state index contributed by atoms with van der Waals surface area (Å²) in [6.07, 6.45) is 1.81. The second-order valence-corrected chi connectivity index (χ2v) is 7.83. The molecule has 1 aromatic carbocycles. The van der Waals surface area contributed by atoms with E-state index < -0.39 is 0 Å². The number of hydrogen-bond acceptors (Lipinski definition) is 7. The number of thioether (sulfide) groups is 1. The van der Waals surface area contributed by atoms with Crippen molar-refractivity contribution in [1.29, 1.82) is 0 Å². The number of ether oxygens (including phenoxy) is 2. The largest absolute Gasteiger partial charge is 0.479 e. The number of carbonyl (C=O) groups is 1. The molecule has 3 aromatic rings. The standard InChI is InChI=1S/C19H23ClN6O3S/c1-12-5-6-13(9-15(12)20)21-16(27)11-30-19-23-22-17(26(19)7-8-28-3)14-10-25(2)24-18(14)29-4/h5-6,9-10H,7-8,11H2,1-4H3,(H,21,27). The van der Waals surface area contributed by atoms with Crippen molar-refractivity contribution in [2.45, 2.75) is 18.6 Å². The molecule has 2 heterocycles. The fourth-order valence-electron chi connectivity index (χ4n) is 2.75. The molecule has 0 saturated heterocycles. The van der Waals surface area contributed by atoms with E-state index in [-0.39, 0.29) is 11.7 Å². The van der Waals surface area contributed by atoms with Gasteiger partial charge in [0.2, 0.25) is 11.8 Å². The molecule has 30 heavy (non-hydrogen) atoms. The fourth-order valence-corrected chi connectivity index (χ4v) is 3.69. The zero-order valence-corrected chi connectivity index (χ0v) is 18.8. The van der Waals surface area contributed by atoms with E-state index in [0.29, 0.717) is 46.3 Å². The predicted molar refractivity (Wildman–Crippen MR) is 116 cm³/mol. The summed E-state index contributed by atoms with van der Waals surface area (Å²) < 4.78 is 14.1. The van der Waals surface area contributed by atoms with Crippen molar-refractivity contribution < 1.29 is 14.3 Å². The number of halogens is 1. The van der Waals surface area contributed by atoms with Gasteiger partial charge in [-0.25, -0.2) is 0 Å². The Balaban J connectivity index is 1.75. The lowest BCUT2D eigenvalue weighted by molar-refractivity contribution is -0.113. The Morgan fingerprint density at radius 3 is 2.80 bits per heavy atom. The van der Waals surface area contributed by atoms with Crippen LogP contribution in [0, 0.1) is 6.92 Å². The number of nitrogens with one attached hydrogen (secondary N) is 1. The van der Waals surface area contributed by atoms with E-state index >= 15 is 0 Å². The van der Waals surface area contributed by atoms with Crippen LogP contribution in [0.15, 0.2) is 29.6 Å². The van der Waals surface area contributed by atoms with Gasteiger partial charge in [-0.2, -0.15) is 0 Å². The molecule has 1 N–H and O–H groups in total. The van der Waals surface area contributed by atoms with Gasteiger partial charge in [0.15, 0.2) is 11.0 Å². The van der Waals surface area contributed by atoms with Gasteiger partial charge in [0.05, 0.1) is 26.0 Å². The Kier molecular flexibility index (Phi) is 7.35. The van der Waals surface area contributed by atoms with Crippen LogP contribution in [0.5, 0.6) is 5.88 Å². The van der Waals surface area contributed by atoms with Crippen molar-refractivity contribution in [2.75, 3.05) is 31.9 Å². The predicted octanol–water partition coefficient (Wildman–Crippen LogP) is 3.03.